The Morgan fingerprint density at radius 2 is 2.19 bits per heavy atom. The fourth-order valence-electron chi connectivity index (χ4n) is 2.53. The monoisotopic (exact) mass is 294 g/mol. The molecule has 0 aliphatic carbocycles. The van der Waals surface area contributed by atoms with Crippen molar-refractivity contribution in [3.63, 3.8) is 0 Å². The molecule has 2 amide bonds. The van der Waals surface area contributed by atoms with Gasteiger partial charge in [-0.05, 0) is 32.9 Å². The van der Waals surface area contributed by atoms with E-state index >= 15 is 0 Å². The fraction of sp³-hybridized carbons (Fsp3) is 0.643. The fourth-order valence-corrected chi connectivity index (χ4v) is 2.53. The Morgan fingerprint density at radius 1 is 1.52 bits per heavy atom. The van der Waals surface area contributed by atoms with Crippen molar-refractivity contribution in [2.75, 3.05) is 26.7 Å². The van der Waals surface area contributed by atoms with Crippen molar-refractivity contribution in [3.05, 3.63) is 18.0 Å². The minimum absolute atomic E-state index is 0.0306. The molecular weight excluding hydrogens is 272 g/mol. The third kappa shape index (κ3) is 3.81. The van der Waals surface area contributed by atoms with Gasteiger partial charge >= 0.3 is 0 Å². The summed E-state index contributed by atoms with van der Waals surface area (Å²) in [5.41, 5.74) is 6.04. The van der Waals surface area contributed by atoms with Crippen molar-refractivity contribution in [2.45, 2.75) is 25.8 Å². The van der Waals surface area contributed by atoms with E-state index in [9.17, 15) is 9.59 Å². The van der Waals surface area contributed by atoms with Gasteiger partial charge in [0.25, 0.3) is 0 Å². The summed E-state index contributed by atoms with van der Waals surface area (Å²) in [7, 11) is 1.76. The van der Waals surface area contributed by atoms with Gasteiger partial charge in [-0.2, -0.15) is 0 Å². The van der Waals surface area contributed by atoms with Crippen LogP contribution in [0.25, 0.3) is 0 Å². The number of carbonyl (C=O) groups is 2. The minimum Gasteiger partial charge on any atom is -0.369 e. The number of hydrogen-bond donors (Lipinski definition) is 1. The first-order chi connectivity index (χ1) is 9.99. The Balaban J connectivity index is 1.83. The zero-order valence-electron chi connectivity index (χ0n) is 12.5. The molecule has 1 fully saturated rings. The quantitative estimate of drug-likeness (QED) is 0.848. The van der Waals surface area contributed by atoms with Gasteiger partial charge in [0.1, 0.15) is 12.0 Å². The molecule has 0 aromatic carbocycles. The normalized spacial score (nSPS) is 18.4. The predicted molar refractivity (Wildman–Crippen MR) is 76.0 cm³/mol. The van der Waals surface area contributed by atoms with Crippen molar-refractivity contribution in [1.29, 1.82) is 0 Å². The number of aromatic nitrogens is 1. The van der Waals surface area contributed by atoms with Gasteiger partial charge in [-0.15, -0.1) is 0 Å². The van der Waals surface area contributed by atoms with Crippen LogP contribution in [0.5, 0.6) is 0 Å². The largest absolute Gasteiger partial charge is 0.369 e. The molecule has 1 saturated heterocycles. The number of rotatable bonds is 5. The second-order valence-electron chi connectivity index (χ2n) is 5.56. The summed E-state index contributed by atoms with van der Waals surface area (Å²) in [6.45, 7) is 3.72. The molecule has 0 spiro atoms. The van der Waals surface area contributed by atoms with Gasteiger partial charge < -0.3 is 15.2 Å². The summed E-state index contributed by atoms with van der Waals surface area (Å²) in [4.78, 5) is 27.2. The van der Waals surface area contributed by atoms with E-state index < -0.39 is 0 Å². The van der Waals surface area contributed by atoms with Crippen LogP contribution in [0.1, 0.15) is 31.5 Å². The highest BCUT2D eigenvalue weighted by Crippen LogP contribution is 2.19. The molecule has 0 unspecified atom stereocenters. The van der Waals surface area contributed by atoms with Crippen LogP contribution < -0.4 is 5.73 Å². The first kappa shape index (κ1) is 15.5. The number of primary amides is 1. The maximum Gasteiger partial charge on any atom is 0.237 e. The molecule has 1 aromatic rings. The molecule has 21 heavy (non-hydrogen) atoms. The number of piperidine rings is 1. The smallest absolute Gasteiger partial charge is 0.237 e. The first-order valence-corrected chi connectivity index (χ1v) is 7.16. The molecular formula is C14H22N4O3. The zero-order chi connectivity index (χ0) is 15.4. The van der Waals surface area contributed by atoms with Crippen LogP contribution in [0.2, 0.25) is 0 Å². The Labute approximate surface area is 124 Å². The van der Waals surface area contributed by atoms with E-state index in [2.05, 4.69) is 10.1 Å². The van der Waals surface area contributed by atoms with E-state index in [4.69, 9.17) is 10.3 Å². The first-order valence-electron chi connectivity index (χ1n) is 7.16. The van der Waals surface area contributed by atoms with E-state index in [1.165, 1.54) is 6.26 Å². The summed E-state index contributed by atoms with van der Waals surface area (Å²) >= 11 is 0. The van der Waals surface area contributed by atoms with Crippen LogP contribution in [0.4, 0.5) is 0 Å². The summed E-state index contributed by atoms with van der Waals surface area (Å²) in [5, 5.41) is 3.86. The van der Waals surface area contributed by atoms with Crippen LogP contribution in [-0.4, -0.2) is 53.5 Å². The van der Waals surface area contributed by atoms with Gasteiger partial charge in [-0.3, -0.25) is 14.5 Å². The third-order valence-electron chi connectivity index (χ3n) is 4.21. The SMILES string of the molecule is C[C@@H](c1ccon1)N(C)C(=O)CN1CCC(C(N)=O)CC1. The summed E-state index contributed by atoms with van der Waals surface area (Å²) in [6.07, 6.45) is 2.95. The summed E-state index contributed by atoms with van der Waals surface area (Å²) in [6, 6.07) is 1.63. The molecule has 7 nitrogen and oxygen atoms in total. The van der Waals surface area contributed by atoms with E-state index in [0.717, 1.165) is 31.6 Å². The molecule has 1 aliphatic rings. The van der Waals surface area contributed by atoms with Crippen LogP contribution >= 0.6 is 0 Å². The second-order valence-corrected chi connectivity index (χ2v) is 5.56. The summed E-state index contributed by atoms with van der Waals surface area (Å²) in [5.74, 6) is -0.260. The second kappa shape index (κ2) is 6.71. The van der Waals surface area contributed by atoms with E-state index in [1.54, 1.807) is 18.0 Å². The molecule has 116 valence electrons. The Bertz CT molecular complexity index is 480. The van der Waals surface area contributed by atoms with E-state index in [0.29, 0.717) is 6.54 Å². The predicted octanol–water partition coefficient (Wildman–Crippen LogP) is 0.391. The Hall–Kier alpha value is -1.89. The van der Waals surface area contributed by atoms with Gasteiger partial charge in [0, 0.05) is 19.0 Å². The van der Waals surface area contributed by atoms with Crippen molar-refractivity contribution >= 4 is 11.8 Å². The highest BCUT2D eigenvalue weighted by molar-refractivity contribution is 5.79. The molecule has 0 radical (unpaired) electrons. The van der Waals surface area contributed by atoms with E-state index in [-0.39, 0.29) is 23.8 Å². The van der Waals surface area contributed by atoms with Crippen LogP contribution in [0, 0.1) is 5.92 Å². The van der Waals surface area contributed by atoms with E-state index in [1.807, 2.05) is 6.92 Å². The average molecular weight is 294 g/mol. The number of likely N-dealkylation sites (N-methyl/N-ethyl adjacent to an activating group) is 1. The van der Waals surface area contributed by atoms with Crippen molar-refractivity contribution in [2.24, 2.45) is 11.7 Å². The molecule has 1 atom stereocenters. The molecule has 2 rings (SSSR count). The number of carbonyl (C=O) groups excluding carboxylic acids is 2. The van der Waals surface area contributed by atoms with Crippen LogP contribution in [0.3, 0.4) is 0 Å². The number of nitrogens with zero attached hydrogens (tertiary/aromatic N) is 3. The number of hydrogen-bond acceptors (Lipinski definition) is 5. The van der Waals surface area contributed by atoms with Gasteiger partial charge in [-0.25, -0.2) is 0 Å². The molecule has 1 aliphatic heterocycles. The lowest BCUT2D eigenvalue weighted by Gasteiger charge is -2.32. The molecule has 0 saturated carbocycles. The third-order valence-corrected chi connectivity index (χ3v) is 4.21. The Morgan fingerprint density at radius 3 is 2.71 bits per heavy atom. The lowest BCUT2D eigenvalue weighted by atomic mass is 9.96. The summed E-state index contributed by atoms with van der Waals surface area (Å²) < 4.78 is 4.81. The molecule has 7 heteroatoms. The molecule has 2 N–H and O–H groups in total. The highest BCUT2D eigenvalue weighted by atomic mass is 16.5. The topological polar surface area (TPSA) is 92.7 Å². The maximum absolute atomic E-state index is 12.3. The van der Waals surface area contributed by atoms with Gasteiger partial charge in [-0.1, -0.05) is 5.16 Å². The number of likely N-dealkylation sites (tertiary alicyclic amines) is 1. The van der Waals surface area contributed by atoms with Gasteiger partial charge in [0.2, 0.25) is 11.8 Å². The lowest BCUT2D eigenvalue weighted by molar-refractivity contribution is -0.133. The number of nitrogens with two attached hydrogens (primary N) is 1. The molecule has 0 bridgehead atoms. The Kier molecular flexibility index (Phi) is 4.95. The zero-order valence-corrected chi connectivity index (χ0v) is 12.5. The van der Waals surface area contributed by atoms with Gasteiger partial charge in [0.15, 0.2) is 0 Å². The van der Waals surface area contributed by atoms with Crippen molar-refractivity contribution in [1.82, 2.24) is 15.0 Å². The molecule has 2 heterocycles. The number of amides is 2. The lowest BCUT2D eigenvalue weighted by Crippen LogP contribution is -2.44. The average Bonchev–Trinajstić information content (AvgIpc) is 3.00. The van der Waals surface area contributed by atoms with Crippen LogP contribution in [0.15, 0.2) is 16.9 Å². The maximum atomic E-state index is 12.3. The van der Waals surface area contributed by atoms with Crippen molar-refractivity contribution in [3.8, 4) is 0 Å². The standard InChI is InChI=1S/C14H22N4O3/c1-10(12-5-8-21-16-12)17(2)13(19)9-18-6-3-11(4-7-18)14(15)20/h5,8,10-11H,3-4,6-7,9H2,1-2H3,(H2,15,20)/t10-/m0/s1. The highest BCUT2D eigenvalue weighted by Gasteiger charge is 2.26. The molecule has 1 aromatic heterocycles. The van der Waals surface area contributed by atoms with Crippen LogP contribution in [-0.2, 0) is 9.59 Å². The minimum atomic E-state index is -0.238. The van der Waals surface area contributed by atoms with Gasteiger partial charge in [0.05, 0.1) is 12.6 Å². The van der Waals surface area contributed by atoms with Crippen molar-refractivity contribution < 1.29 is 14.1 Å².